The van der Waals surface area contributed by atoms with E-state index in [1.807, 2.05) is 0 Å². The molecule has 1 N–H and O–H groups in total. The molecule has 0 spiro atoms. The highest BCUT2D eigenvalue weighted by atomic mass is 79.9. The number of aromatic hydroxyl groups is 1. The number of alkyl halides is 12. The maximum absolute atomic E-state index is 14.5. The molecular weight excluding hydrogens is 956 g/mol. The largest absolute Gasteiger partial charge is 0.503 e. The third-order valence-corrected chi connectivity index (χ3v) is 13.2. The minimum absolute atomic E-state index is 0.0134. The van der Waals surface area contributed by atoms with Crippen LogP contribution in [0.4, 0.5) is 64.1 Å². The average molecular weight is 978 g/mol. The van der Waals surface area contributed by atoms with Crippen molar-refractivity contribution in [3.8, 4) is 11.5 Å². The summed E-state index contributed by atoms with van der Waals surface area (Å²) in [6, 6.07) is 1.53. The standard InChI is InChI=1S/C37H22Br2F12N2O6/c1-59-23-11-21(27(38)28(39)29(23)54)24-18-2-3-19-25(32(57)52(30(19)55)16-6-12(34(40,41)42)4-13(7-16)35(43,44)45)20(18)10-22-26(24)33(58)53(31(22)56)17-8-14(36(46,47)48)5-15(9-17)37(49,50)51/h2,4-9,11,19-20,22,24-26,54H,3,10H2,1H3. The van der Waals surface area contributed by atoms with Crippen LogP contribution < -0.4 is 14.5 Å². The van der Waals surface area contributed by atoms with Crippen molar-refractivity contribution in [1.82, 2.24) is 0 Å². The number of phenols is 1. The van der Waals surface area contributed by atoms with Gasteiger partial charge in [0.2, 0.25) is 23.6 Å². The van der Waals surface area contributed by atoms with Crippen molar-refractivity contribution in [2.24, 2.45) is 29.6 Å². The molecule has 3 aromatic carbocycles. The van der Waals surface area contributed by atoms with E-state index in [0.29, 0.717) is 0 Å². The fraction of sp³-hybridized carbons (Fsp3) is 0.351. The molecule has 3 aromatic rings. The van der Waals surface area contributed by atoms with E-state index >= 15 is 0 Å². The van der Waals surface area contributed by atoms with Crippen LogP contribution in [0.3, 0.4) is 0 Å². The number of imide groups is 2. The van der Waals surface area contributed by atoms with E-state index in [4.69, 9.17) is 4.74 Å². The van der Waals surface area contributed by atoms with Crippen molar-refractivity contribution in [2.45, 2.75) is 43.5 Å². The van der Waals surface area contributed by atoms with Crippen LogP contribution in [0.5, 0.6) is 11.5 Å². The number of carbonyl (C=O) groups excluding carboxylic acids is 4. The molecule has 0 bridgehead atoms. The predicted molar refractivity (Wildman–Crippen MR) is 185 cm³/mol. The number of benzene rings is 3. The highest BCUT2D eigenvalue weighted by Gasteiger charge is 2.63. The first-order valence-electron chi connectivity index (χ1n) is 17.0. The number of anilines is 2. The first-order valence-corrected chi connectivity index (χ1v) is 18.5. The molecule has 59 heavy (non-hydrogen) atoms. The second-order valence-electron chi connectivity index (χ2n) is 14.2. The second kappa shape index (κ2) is 14.0. The summed E-state index contributed by atoms with van der Waals surface area (Å²) in [6.07, 6.45) is -21.0. The molecule has 2 aliphatic heterocycles. The van der Waals surface area contributed by atoms with Crippen LogP contribution in [0.25, 0.3) is 0 Å². The molecule has 0 radical (unpaired) electrons. The summed E-state index contributed by atoms with van der Waals surface area (Å²) in [4.78, 5) is 57.3. The van der Waals surface area contributed by atoms with E-state index in [2.05, 4.69) is 31.9 Å². The van der Waals surface area contributed by atoms with E-state index in [9.17, 15) is 77.0 Å². The van der Waals surface area contributed by atoms with Gasteiger partial charge in [0.05, 0.1) is 68.9 Å². The van der Waals surface area contributed by atoms with Gasteiger partial charge in [0, 0.05) is 10.4 Å². The molecule has 4 aliphatic rings. The molecule has 6 atom stereocenters. The summed E-state index contributed by atoms with van der Waals surface area (Å²) in [7, 11) is 1.14. The van der Waals surface area contributed by atoms with Crippen LogP contribution >= 0.6 is 31.9 Å². The molecule has 22 heteroatoms. The highest BCUT2D eigenvalue weighted by molar-refractivity contribution is 9.13. The molecule has 3 fully saturated rings. The molecule has 1 saturated carbocycles. The lowest BCUT2D eigenvalue weighted by Gasteiger charge is -2.44. The Labute approximate surface area is 340 Å². The summed E-state index contributed by atoms with van der Waals surface area (Å²) in [5.74, 6) is -14.7. The minimum atomic E-state index is -5.38. The van der Waals surface area contributed by atoms with Gasteiger partial charge in [-0.1, -0.05) is 11.6 Å². The summed E-state index contributed by atoms with van der Waals surface area (Å²) in [5.41, 5.74) is -9.30. The zero-order valence-corrected chi connectivity index (χ0v) is 32.3. The Kier molecular flexibility index (Phi) is 10.1. The van der Waals surface area contributed by atoms with E-state index in [1.165, 1.54) is 12.1 Å². The van der Waals surface area contributed by atoms with Crippen LogP contribution in [0.15, 0.2) is 63.1 Å². The van der Waals surface area contributed by atoms with Gasteiger partial charge >= 0.3 is 24.7 Å². The fourth-order valence-corrected chi connectivity index (χ4v) is 9.55. The highest BCUT2D eigenvalue weighted by Crippen LogP contribution is 2.61. The minimum Gasteiger partial charge on any atom is -0.503 e. The molecule has 8 nitrogen and oxygen atoms in total. The number of carbonyl (C=O) groups is 4. The summed E-state index contributed by atoms with van der Waals surface area (Å²) >= 11 is 6.48. The van der Waals surface area contributed by atoms with Gasteiger partial charge in [-0.05, 0) is 98.6 Å². The lowest BCUT2D eigenvalue weighted by Crippen LogP contribution is -2.43. The number of halogens is 14. The predicted octanol–water partition coefficient (Wildman–Crippen LogP) is 10.0. The number of hydrogen-bond donors (Lipinski definition) is 1. The van der Waals surface area contributed by atoms with Crippen molar-refractivity contribution < 1.29 is 81.7 Å². The van der Waals surface area contributed by atoms with E-state index in [1.54, 1.807) is 0 Å². The van der Waals surface area contributed by atoms with Crippen LogP contribution in [0.1, 0.15) is 46.6 Å². The zero-order valence-electron chi connectivity index (χ0n) is 29.2. The number of allylic oxidation sites excluding steroid dienone is 2. The molecule has 6 unspecified atom stereocenters. The topological polar surface area (TPSA) is 104 Å². The maximum atomic E-state index is 14.5. The number of phenolic OH excluding ortho intramolecular Hbond substituents is 1. The Hall–Kier alpha value is -4.60. The number of hydrogen-bond acceptors (Lipinski definition) is 6. The van der Waals surface area contributed by atoms with Crippen molar-refractivity contribution in [1.29, 1.82) is 0 Å². The van der Waals surface area contributed by atoms with Gasteiger partial charge < -0.3 is 9.84 Å². The van der Waals surface area contributed by atoms with Gasteiger partial charge in [0.15, 0.2) is 11.5 Å². The second-order valence-corrected chi connectivity index (χ2v) is 15.8. The molecule has 2 aliphatic carbocycles. The summed E-state index contributed by atoms with van der Waals surface area (Å²) in [5, 5.41) is 10.7. The number of amides is 4. The first-order chi connectivity index (χ1) is 27.2. The zero-order chi connectivity index (χ0) is 43.6. The first kappa shape index (κ1) is 42.5. The SMILES string of the molecule is COc1cc(C2C3=CCC4C(=O)N(c5cc(C(F)(F)F)cc(C(F)(F)F)c5)C(=O)C4C3CC3C(=O)N(c4cc(C(F)(F)F)cc(C(F)(F)F)c4)C(=O)C32)c(Br)c(Br)c1O. The van der Waals surface area contributed by atoms with Gasteiger partial charge in [-0.25, -0.2) is 9.80 Å². The Morgan fingerprint density at radius 2 is 1.02 bits per heavy atom. The quantitative estimate of drug-likeness (QED) is 0.159. The van der Waals surface area contributed by atoms with Crippen LogP contribution in [-0.2, 0) is 43.9 Å². The van der Waals surface area contributed by atoms with Crippen LogP contribution in [-0.4, -0.2) is 35.8 Å². The van der Waals surface area contributed by atoms with Gasteiger partial charge in [-0.15, -0.1) is 0 Å². The van der Waals surface area contributed by atoms with E-state index < -0.39 is 130 Å². The molecule has 7 rings (SSSR count). The molecular formula is C37H22Br2F12N2O6. The monoisotopic (exact) mass is 976 g/mol. The maximum Gasteiger partial charge on any atom is 0.416 e. The van der Waals surface area contributed by atoms with Crippen LogP contribution in [0, 0.1) is 29.6 Å². The van der Waals surface area contributed by atoms with Crippen molar-refractivity contribution in [2.75, 3.05) is 16.9 Å². The van der Waals surface area contributed by atoms with Crippen LogP contribution in [0.2, 0.25) is 0 Å². The van der Waals surface area contributed by atoms with Gasteiger partial charge in [0.25, 0.3) is 0 Å². The number of fused-ring (bicyclic) bond motifs is 4. The van der Waals surface area contributed by atoms with Crippen molar-refractivity contribution in [3.63, 3.8) is 0 Å². The Morgan fingerprint density at radius 1 is 0.593 bits per heavy atom. The number of ether oxygens (including phenoxy) is 1. The van der Waals surface area contributed by atoms with E-state index in [-0.39, 0.29) is 78.5 Å². The average Bonchev–Trinajstić information content (AvgIpc) is 3.55. The Morgan fingerprint density at radius 3 is 1.44 bits per heavy atom. The fourth-order valence-electron chi connectivity index (χ4n) is 8.57. The third-order valence-electron chi connectivity index (χ3n) is 11.0. The summed E-state index contributed by atoms with van der Waals surface area (Å²) in [6.45, 7) is 0. The van der Waals surface area contributed by atoms with Gasteiger partial charge in [-0.3, -0.25) is 19.2 Å². The summed E-state index contributed by atoms with van der Waals surface area (Å²) < 4.78 is 172. The Bertz CT molecular complexity index is 2310. The normalized spacial score (nSPS) is 25.0. The number of nitrogens with zero attached hydrogens (tertiary/aromatic N) is 2. The third kappa shape index (κ3) is 6.96. The van der Waals surface area contributed by atoms with E-state index in [0.717, 1.165) is 7.11 Å². The molecule has 0 aromatic heterocycles. The lowest BCUT2D eigenvalue weighted by atomic mass is 9.57. The number of rotatable bonds is 4. The lowest BCUT2D eigenvalue weighted by molar-refractivity contribution is -0.144. The molecule has 2 saturated heterocycles. The molecule has 2 heterocycles. The van der Waals surface area contributed by atoms with Crippen molar-refractivity contribution in [3.05, 3.63) is 90.9 Å². The van der Waals surface area contributed by atoms with Crippen molar-refractivity contribution >= 4 is 66.9 Å². The van der Waals surface area contributed by atoms with Gasteiger partial charge in [-0.2, -0.15) is 52.7 Å². The smallest absolute Gasteiger partial charge is 0.416 e. The molecule has 4 amide bonds. The van der Waals surface area contributed by atoms with Gasteiger partial charge in [0.1, 0.15) is 0 Å². The number of methoxy groups -OCH3 is 1. The molecule has 314 valence electrons. The Balaban J connectivity index is 1.39.